The minimum absolute atomic E-state index is 0.0598. The van der Waals surface area contributed by atoms with Gasteiger partial charge in [0.2, 0.25) is 0 Å². The number of nitrogens with one attached hydrogen (secondary N) is 2. The topological polar surface area (TPSA) is 63.2 Å². The van der Waals surface area contributed by atoms with E-state index < -0.39 is 0 Å². The number of para-hydroxylation sites is 2. The highest BCUT2D eigenvalue weighted by Gasteiger charge is 2.24. The molecule has 6 heteroatoms. The number of hydrogen-bond donors (Lipinski definition) is 2. The summed E-state index contributed by atoms with van der Waals surface area (Å²) >= 11 is 1.36. The van der Waals surface area contributed by atoms with E-state index in [1.165, 1.54) is 22.5 Å². The van der Waals surface area contributed by atoms with Crippen molar-refractivity contribution >= 4 is 28.1 Å². The Morgan fingerprint density at radius 3 is 2.82 bits per heavy atom. The van der Waals surface area contributed by atoms with Gasteiger partial charge in [-0.25, -0.2) is 4.98 Å². The van der Waals surface area contributed by atoms with Gasteiger partial charge in [0.15, 0.2) is 5.13 Å². The highest BCUT2D eigenvalue weighted by molar-refractivity contribution is 7.17. The summed E-state index contributed by atoms with van der Waals surface area (Å²) in [6.45, 7) is 1.87. The Bertz CT molecular complexity index is 999. The summed E-state index contributed by atoms with van der Waals surface area (Å²) < 4.78 is 5.37. The summed E-state index contributed by atoms with van der Waals surface area (Å²) in [7, 11) is 1.63. The van der Waals surface area contributed by atoms with Crippen LogP contribution in [-0.4, -0.2) is 18.0 Å². The number of thiazole rings is 1. The molecule has 1 amide bonds. The van der Waals surface area contributed by atoms with Gasteiger partial charge in [-0.15, -0.1) is 0 Å². The molecule has 0 saturated carbocycles. The van der Waals surface area contributed by atoms with Gasteiger partial charge in [-0.2, -0.15) is 0 Å². The number of rotatable bonds is 5. The van der Waals surface area contributed by atoms with Crippen LogP contribution >= 0.6 is 11.3 Å². The molecule has 3 aromatic rings. The Balaban J connectivity index is 1.52. The number of aryl methyl sites for hydroxylation is 2. The van der Waals surface area contributed by atoms with E-state index in [2.05, 4.69) is 33.8 Å². The predicted molar refractivity (Wildman–Crippen MR) is 113 cm³/mol. The number of ether oxygens (including phenoxy) is 1. The van der Waals surface area contributed by atoms with Gasteiger partial charge in [0, 0.05) is 0 Å². The van der Waals surface area contributed by atoms with E-state index in [0.717, 1.165) is 36.4 Å². The van der Waals surface area contributed by atoms with Crippen LogP contribution in [0.1, 0.15) is 45.4 Å². The maximum atomic E-state index is 12.9. The number of aromatic nitrogens is 1. The average Bonchev–Trinajstić information content (AvgIpc) is 3.09. The molecule has 28 heavy (non-hydrogen) atoms. The Morgan fingerprint density at radius 2 is 1.96 bits per heavy atom. The quantitative estimate of drug-likeness (QED) is 0.639. The average molecular weight is 394 g/mol. The van der Waals surface area contributed by atoms with Crippen molar-refractivity contribution in [2.45, 2.75) is 32.2 Å². The molecule has 5 nitrogen and oxygen atoms in total. The molecule has 0 aliphatic heterocycles. The summed E-state index contributed by atoms with van der Waals surface area (Å²) in [5.41, 5.74) is 4.12. The van der Waals surface area contributed by atoms with E-state index in [-0.39, 0.29) is 11.9 Å². The highest BCUT2D eigenvalue weighted by atomic mass is 32.1. The fourth-order valence-corrected chi connectivity index (χ4v) is 4.53. The van der Waals surface area contributed by atoms with E-state index in [9.17, 15) is 4.79 Å². The van der Waals surface area contributed by atoms with Crippen LogP contribution in [0.4, 0.5) is 10.8 Å². The Morgan fingerprint density at radius 1 is 1.18 bits per heavy atom. The molecule has 4 rings (SSSR count). The lowest BCUT2D eigenvalue weighted by molar-refractivity contribution is 0.0936. The molecular formula is C22H23N3O2S. The van der Waals surface area contributed by atoms with Crippen LogP contribution in [0.3, 0.4) is 0 Å². The van der Waals surface area contributed by atoms with Crippen molar-refractivity contribution in [3.05, 3.63) is 70.2 Å². The van der Waals surface area contributed by atoms with Gasteiger partial charge in [-0.05, 0) is 49.4 Å². The molecule has 1 heterocycles. The molecule has 1 aliphatic rings. The van der Waals surface area contributed by atoms with Crippen LogP contribution in [0.2, 0.25) is 0 Å². The maximum absolute atomic E-state index is 12.9. The van der Waals surface area contributed by atoms with Crippen LogP contribution in [0.5, 0.6) is 5.75 Å². The fraction of sp³-hybridized carbons (Fsp3) is 0.273. The van der Waals surface area contributed by atoms with Crippen molar-refractivity contribution in [3.63, 3.8) is 0 Å². The molecule has 1 atom stereocenters. The molecule has 1 aliphatic carbocycles. The van der Waals surface area contributed by atoms with E-state index in [0.29, 0.717) is 10.0 Å². The van der Waals surface area contributed by atoms with Crippen molar-refractivity contribution < 1.29 is 9.53 Å². The Kier molecular flexibility index (Phi) is 5.30. The predicted octanol–water partition coefficient (Wildman–Crippen LogP) is 5.01. The first kappa shape index (κ1) is 18.5. The summed E-state index contributed by atoms with van der Waals surface area (Å²) in [5.74, 6) is 0.671. The van der Waals surface area contributed by atoms with E-state index in [1.807, 2.05) is 37.3 Å². The SMILES string of the molecule is COc1ccccc1Nc1nc(C)c(C(=O)NC2CCCc3ccccc32)s1. The summed E-state index contributed by atoms with van der Waals surface area (Å²) in [6, 6.07) is 16.1. The number of carbonyl (C=O) groups excluding carboxylic acids is 1. The molecule has 0 fully saturated rings. The second-order valence-electron chi connectivity index (χ2n) is 6.88. The second kappa shape index (κ2) is 8.02. The number of methoxy groups -OCH3 is 1. The van der Waals surface area contributed by atoms with Crippen LogP contribution < -0.4 is 15.4 Å². The largest absolute Gasteiger partial charge is 0.495 e. The van der Waals surface area contributed by atoms with Gasteiger partial charge in [0.1, 0.15) is 10.6 Å². The minimum atomic E-state index is -0.0650. The van der Waals surface area contributed by atoms with Crippen LogP contribution in [-0.2, 0) is 6.42 Å². The lowest BCUT2D eigenvalue weighted by Crippen LogP contribution is -2.30. The number of fused-ring (bicyclic) bond motifs is 1. The number of anilines is 2. The summed E-state index contributed by atoms with van der Waals surface area (Å²) in [6.07, 6.45) is 3.13. The standard InChI is InChI=1S/C22H23N3O2S/c1-14-20(28-22(23-14)25-18-11-5-6-13-19(18)27-2)21(26)24-17-12-7-9-15-8-3-4-10-16(15)17/h3-6,8,10-11,13,17H,7,9,12H2,1-2H3,(H,23,25)(H,24,26). The molecule has 1 aromatic heterocycles. The zero-order valence-electron chi connectivity index (χ0n) is 16.0. The minimum Gasteiger partial charge on any atom is -0.495 e. The number of hydrogen-bond acceptors (Lipinski definition) is 5. The first-order chi connectivity index (χ1) is 13.7. The normalized spacial score (nSPS) is 15.6. The van der Waals surface area contributed by atoms with Crippen molar-refractivity contribution in [2.24, 2.45) is 0 Å². The lowest BCUT2D eigenvalue weighted by atomic mass is 9.88. The first-order valence-corrected chi connectivity index (χ1v) is 10.2. The van der Waals surface area contributed by atoms with Crippen molar-refractivity contribution in [3.8, 4) is 5.75 Å². The number of benzene rings is 2. The summed E-state index contributed by atoms with van der Waals surface area (Å²) in [4.78, 5) is 18.1. The molecule has 144 valence electrons. The molecule has 2 aromatic carbocycles. The van der Waals surface area contributed by atoms with Crippen molar-refractivity contribution in [1.82, 2.24) is 10.3 Å². The fourth-order valence-electron chi connectivity index (χ4n) is 3.65. The highest BCUT2D eigenvalue weighted by Crippen LogP contribution is 2.33. The molecule has 0 spiro atoms. The van der Waals surface area contributed by atoms with Gasteiger partial charge in [0.05, 0.1) is 24.5 Å². The summed E-state index contributed by atoms with van der Waals surface area (Å²) in [5, 5.41) is 7.15. The van der Waals surface area contributed by atoms with Gasteiger partial charge >= 0.3 is 0 Å². The molecule has 0 saturated heterocycles. The lowest BCUT2D eigenvalue weighted by Gasteiger charge is -2.26. The number of nitrogens with zero attached hydrogens (tertiary/aromatic N) is 1. The molecule has 0 radical (unpaired) electrons. The molecule has 0 bridgehead atoms. The van der Waals surface area contributed by atoms with Crippen molar-refractivity contribution in [1.29, 1.82) is 0 Å². The van der Waals surface area contributed by atoms with Crippen molar-refractivity contribution in [2.75, 3.05) is 12.4 Å². The second-order valence-corrected chi connectivity index (χ2v) is 7.87. The first-order valence-electron chi connectivity index (χ1n) is 9.42. The zero-order chi connectivity index (χ0) is 19.5. The Labute approximate surface area is 168 Å². The Hall–Kier alpha value is -2.86. The third-order valence-corrected chi connectivity index (χ3v) is 6.10. The third-order valence-electron chi connectivity index (χ3n) is 5.03. The number of amides is 1. The van der Waals surface area contributed by atoms with Gasteiger partial charge < -0.3 is 15.4 Å². The van der Waals surface area contributed by atoms with Gasteiger partial charge in [-0.1, -0.05) is 47.7 Å². The van der Waals surface area contributed by atoms with Crippen LogP contribution in [0.15, 0.2) is 48.5 Å². The zero-order valence-corrected chi connectivity index (χ0v) is 16.8. The van der Waals surface area contributed by atoms with Crippen LogP contribution in [0.25, 0.3) is 0 Å². The molecule has 1 unspecified atom stereocenters. The molecular weight excluding hydrogens is 370 g/mol. The maximum Gasteiger partial charge on any atom is 0.263 e. The van der Waals surface area contributed by atoms with Gasteiger partial charge in [0.25, 0.3) is 5.91 Å². The van der Waals surface area contributed by atoms with E-state index in [1.54, 1.807) is 7.11 Å². The smallest absolute Gasteiger partial charge is 0.263 e. The number of carbonyl (C=O) groups is 1. The van der Waals surface area contributed by atoms with E-state index in [4.69, 9.17) is 4.74 Å². The molecule has 2 N–H and O–H groups in total. The van der Waals surface area contributed by atoms with E-state index >= 15 is 0 Å². The monoisotopic (exact) mass is 393 g/mol. The third kappa shape index (κ3) is 3.73. The van der Waals surface area contributed by atoms with Crippen LogP contribution in [0, 0.1) is 6.92 Å². The van der Waals surface area contributed by atoms with Gasteiger partial charge in [-0.3, -0.25) is 4.79 Å².